The van der Waals surface area contributed by atoms with E-state index < -0.39 is 6.09 Å². The van der Waals surface area contributed by atoms with E-state index in [0.717, 1.165) is 0 Å². The molecule has 1 amide bonds. The van der Waals surface area contributed by atoms with Crippen molar-refractivity contribution in [3.8, 4) is 0 Å². The van der Waals surface area contributed by atoms with Crippen LogP contribution in [-0.2, 0) is 18.8 Å². The van der Waals surface area contributed by atoms with Crippen molar-refractivity contribution in [2.24, 2.45) is 5.73 Å². The number of amides is 1. The lowest BCUT2D eigenvalue weighted by molar-refractivity contribution is 0.00578. The number of hydrogen-bond acceptors (Lipinski definition) is 5. The van der Waals surface area contributed by atoms with E-state index in [4.69, 9.17) is 19.8 Å². The average Bonchev–Trinajstić information content (AvgIpc) is 2.45. The van der Waals surface area contributed by atoms with Crippen LogP contribution in [0.4, 0.5) is 4.79 Å². The zero-order chi connectivity index (χ0) is 14.5. The molecule has 6 nitrogen and oxygen atoms in total. The van der Waals surface area contributed by atoms with E-state index in [1.807, 2.05) is 39.7 Å². The number of rotatable bonds is 6. The third-order valence-electron chi connectivity index (χ3n) is 3.25. The van der Waals surface area contributed by atoms with Gasteiger partial charge < -0.3 is 24.5 Å². The van der Waals surface area contributed by atoms with Crippen LogP contribution in [0.3, 0.4) is 0 Å². The molecule has 0 aliphatic carbocycles. The number of carbonyl (C=O) groups is 1. The lowest BCUT2D eigenvalue weighted by Crippen LogP contribution is -2.41. The fourth-order valence-electron chi connectivity index (χ4n) is 1.49. The van der Waals surface area contributed by atoms with Gasteiger partial charge in [-0.3, -0.25) is 0 Å². The SMILES string of the molecule is CC1(C)OB(C=CCOCCOC(N)=O)OC1(C)C. The molecule has 0 aromatic heterocycles. The first-order chi connectivity index (χ1) is 8.74. The molecule has 0 saturated carbocycles. The van der Waals surface area contributed by atoms with Crippen LogP contribution in [-0.4, -0.2) is 44.2 Å². The van der Waals surface area contributed by atoms with E-state index in [9.17, 15) is 4.79 Å². The van der Waals surface area contributed by atoms with Gasteiger partial charge in [0.25, 0.3) is 0 Å². The van der Waals surface area contributed by atoms with E-state index in [1.54, 1.807) is 0 Å². The molecule has 1 aliphatic heterocycles. The van der Waals surface area contributed by atoms with Gasteiger partial charge in [-0.05, 0) is 27.7 Å². The lowest BCUT2D eigenvalue weighted by atomic mass is 9.90. The van der Waals surface area contributed by atoms with Crippen molar-refractivity contribution in [2.75, 3.05) is 19.8 Å². The van der Waals surface area contributed by atoms with Crippen LogP contribution in [0.5, 0.6) is 0 Å². The first-order valence-corrected chi connectivity index (χ1v) is 6.27. The van der Waals surface area contributed by atoms with Gasteiger partial charge in [0.15, 0.2) is 0 Å². The Kier molecular flexibility index (Phi) is 5.40. The highest BCUT2D eigenvalue weighted by atomic mass is 16.7. The highest BCUT2D eigenvalue weighted by molar-refractivity contribution is 6.51. The van der Waals surface area contributed by atoms with Crippen molar-refractivity contribution in [3.63, 3.8) is 0 Å². The minimum Gasteiger partial charge on any atom is -0.447 e. The molecule has 1 rings (SSSR count). The van der Waals surface area contributed by atoms with Crippen molar-refractivity contribution in [1.82, 2.24) is 0 Å². The summed E-state index contributed by atoms with van der Waals surface area (Å²) in [6.07, 6.45) is 1.02. The minimum atomic E-state index is -0.795. The van der Waals surface area contributed by atoms with Crippen molar-refractivity contribution in [2.45, 2.75) is 38.9 Å². The smallest absolute Gasteiger partial charge is 0.447 e. The average molecular weight is 271 g/mol. The molecule has 2 N–H and O–H groups in total. The van der Waals surface area contributed by atoms with E-state index in [-0.39, 0.29) is 24.9 Å². The lowest BCUT2D eigenvalue weighted by Gasteiger charge is -2.32. The van der Waals surface area contributed by atoms with Gasteiger partial charge in [0.05, 0.1) is 24.4 Å². The molecule has 1 fully saturated rings. The second-order valence-electron chi connectivity index (χ2n) is 5.30. The summed E-state index contributed by atoms with van der Waals surface area (Å²) in [6.45, 7) is 8.84. The number of ether oxygens (including phenoxy) is 2. The highest BCUT2D eigenvalue weighted by Gasteiger charge is 2.49. The molecular formula is C12H22BNO5. The van der Waals surface area contributed by atoms with Gasteiger partial charge in [-0.1, -0.05) is 12.1 Å². The van der Waals surface area contributed by atoms with Crippen LogP contribution in [0.2, 0.25) is 0 Å². The summed E-state index contributed by atoms with van der Waals surface area (Å²) in [5, 5.41) is 0. The van der Waals surface area contributed by atoms with Crippen LogP contribution < -0.4 is 5.73 Å². The molecular weight excluding hydrogens is 249 g/mol. The monoisotopic (exact) mass is 271 g/mol. The summed E-state index contributed by atoms with van der Waals surface area (Å²) >= 11 is 0. The molecule has 0 atom stereocenters. The molecule has 108 valence electrons. The van der Waals surface area contributed by atoms with E-state index in [0.29, 0.717) is 13.2 Å². The van der Waals surface area contributed by atoms with Gasteiger partial charge in [0.2, 0.25) is 0 Å². The van der Waals surface area contributed by atoms with Crippen molar-refractivity contribution < 1.29 is 23.6 Å². The first kappa shape index (κ1) is 16.0. The largest absolute Gasteiger partial charge is 0.486 e. The van der Waals surface area contributed by atoms with Crippen LogP contribution in [0.15, 0.2) is 12.1 Å². The van der Waals surface area contributed by atoms with E-state index >= 15 is 0 Å². The molecule has 0 aromatic rings. The molecule has 1 saturated heterocycles. The van der Waals surface area contributed by atoms with Crippen LogP contribution in [0, 0.1) is 0 Å². The Morgan fingerprint density at radius 2 is 1.79 bits per heavy atom. The Balaban J connectivity index is 2.19. The summed E-state index contributed by atoms with van der Waals surface area (Å²) in [6, 6.07) is 0. The topological polar surface area (TPSA) is 80.0 Å². The molecule has 1 heterocycles. The molecule has 0 aromatic carbocycles. The van der Waals surface area contributed by atoms with Crippen molar-refractivity contribution in [3.05, 3.63) is 12.1 Å². The predicted molar refractivity (Wildman–Crippen MR) is 71.6 cm³/mol. The molecule has 1 aliphatic rings. The Hall–Kier alpha value is -1.05. The van der Waals surface area contributed by atoms with Crippen LogP contribution in [0.1, 0.15) is 27.7 Å². The fraction of sp³-hybridized carbons (Fsp3) is 0.750. The number of carbonyl (C=O) groups excluding carboxylic acids is 1. The molecule has 19 heavy (non-hydrogen) atoms. The van der Waals surface area contributed by atoms with Gasteiger partial charge >= 0.3 is 13.2 Å². The second kappa shape index (κ2) is 6.41. The van der Waals surface area contributed by atoms with Gasteiger partial charge in [0, 0.05) is 0 Å². The number of hydrogen-bond donors (Lipinski definition) is 1. The van der Waals surface area contributed by atoms with E-state index in [1.165, 1.54) is 0 Å². The molecule has 0 radical (unpaired) electrons. The standard InChI is InChI=1S/C12H22BNO5/c1-11(2)12(3,4)19-13(18-11)6-5-7-16-8-9-17-10(14)15/h5-6H,7-9H2,1-4H3,(H2,14,15). The maximum Gasteiger partial charge on any atom is 0.486 e. The Morgan fingerprint density at radius 1 is 1.21 bits per heavy atom. The summed E-state index contributed by atoms with van der Waals surface area (Å²) in [5.41, 5.74) is 4.13. The summed E-state index contributed by atoms with van der Waals surface area (Å²) < 4.78 is 21.3. The van der Waals surface area contributed by atoms with Crippen molar-refractivity contribution >= 4 is 13.2 Å². The molecule has 0 spiro atoms. The Labute approximate surface area is 114 Å². The zero-order valence-electron chi connectivity index (χ0n) is 12.0. The van der Waals surface area contributed by atoms with Crippen molar-refractivity contribution in [1.29, 1.82) is 0 Å². The maximum absolute atomic E-state index is 10.3. The molecule has 0 bridgehead atoms. The predicted octanol–water partition coefficient (Wildman–Crippen LogP) is 1.29. The molecule has 7 heteroatoms. The maximum atomic E-state index is 10.3. The summed E-state index contributed by atoms with van der Waals surface area (Å²) in [4.78, 5) is 10.3. The fourth-order valence-corrected chi connectivity index (χ4v) is 1.49. The van der Waals surface area contributed by atoms with Crippen LogP contribution in [0.25, 0.3) is 0 Å². The third kappa shape index (κ3) is 4.85. The van der Waals surface area contributed by atoms with Gasteiger partial charge in [0.1, 0.15) is 6.61 Å². The molecule has 0 unspecified atom stereocenters. The summed E-state index contributed by atoms with van der Waals surface area (Å²) in [5.74, 6) is 1.81. The van der Waals surface area contributed by atoms with Gasteiger partial charge in [-0.2, -0.15) is 0 Å². The Morgan fingerprint density at radius 3 is 2.32 bits per heavy atom. The first-order valence-electron chi connectivity index (χ1n) is 6.27. The van der Waals surface area contributed by atoms with Gasteiger partial charge in [-0.25, -0.2) is 4.79 Å². The van der Waals surface area contributed by atoms with E-state index in [2.05, 4.69) is 4.74 Å². The quantitative estimate of drug-likeness (QED) is 0.581. The van der Waals surface area contributed by atoms with Crippen LogP contribution >= 0.6 is 0 Å². The Bertz CT molecular complexity index is 327. The number of primary amides is 1. The summed E-state index contributed by atoms with van der Waals surface area (Å²) in [7, 11) is -0.365. The van der Waals surface area contributed by atoms with Gasteiger partial charge in [-0.15, -0.1) is 0 Å². The normalized spacial score (nSPS) is 20.9. The number of nitrogens with two attached hydrogens (primary N) is 1. The highest BCUT2D eigenvalue weighted by Crippen LogP contribution is 2.36. The minimum absolute atomic E-state index is 0.152. The second-order valence-corrected chi connectivity index (χ2v) is 5.30. The third-order valence-corrected chi connectivity index (χ3v) is 3.25. The zero-order valence-corrected chi connectivity index (χ0v) is 12.0.